The summed E-state index contributed by atoms with van der Waals surface area (Å²) in [4.78, 5) is 0. The van der Waals surface area contributed by atoms with Gasteiger partial charge < -0.3 is 10.1 Å². The van der Waals surface area contributed by atoms with Gasteiger partial charge in [-0.15, -0.1) is 6.58 Å². The molecule has 18 heavy (non-hydrogen) atoms. The van der Waals surface area contributed by atoms with Crippen molar-refractivity contribution < 1.29 is 4.74 Å². The molecule has 1 aliphatic rings. The summed E-state index contributed by atoms with van der Waals surface area (Å²) < 4.78 is 5.67. The van der Waals surface area contributed by atoms with Crippen molar-refractivity contribution in [3.8, 4) is 0 Å². The highest BCUT2D eigenvalue weighted by atomic mass is 16.5. The molecule has 2 heteroatoms. The molecule has 0 spiro atoms. The zero-order valence-electron chi connectivity index (χ0n) is 12.5. The van der Waals surface area contributed by atoms with Crippen LogP contribution in [-0.2, 0) is 4.74 Å². The first-order valence-corrected chi connectivity index (χ1v) is 7.51. The fourth-order valence-corrected chi connectivity index (χ4v) is 2.51. The molecule has 1 heterocycles. The first kappa shape index (κ1) is 15.7. The van der Waals surface area contributed by atoms with Gasteiger partial charge in [-0.3, -0.25) is 0 Å². The maximum Gasteiger partial charge on any atom is 0.0576 e. The Bertz CT molecular complexity index is 233. The summed E-state index contributed by atoms with van der Waals surface area (Å²) in [6.07, 6.45) is 8.83. The second-order valence-corrected chi connectivity index (χ2v) is 6.41. The van der Waals surface area contributed by atoms with Crippen molar-refractivity contribution in [2.24, 2.45) is 11.3 Å². The third kappa shape index (κ3) is 6.01. The Kier molecular flexibility index (Phi) is 6.95. The molecule has 2 atom stereocenters. The lowest BCUT2D eigenvalue weighted by Gasteiger charge is -2.27. The average molecular weight is 253 g/mol. The quantitative estimate of drug-likeness (QED) is 0.632. The van der Waals surface area contributed by atoms with Gasteiger partial charge in [-0.05, 0) is 50.0 Å². The largest absolute Gasteiger partial charge is 0.378 e. The van der Waals surface area contributed by atoms with Crippen LogP contribution in [0, 0.1) is 11.3 Å². The summed E-state index contributed by atoms with van der Waals surface area (Å²) >= 11 is 0. The van der Waals surface area contributed by atoms with Gasteiger partial charge >= 0.3 is 0 Å². The van der Waals surface area contributed by atoms with Crippen LogP contribution in [0.4, 0.5) is 0 Å². The van der Waals surface area contributed by atoms with Crippen LogP contribution in [-0.4, -0.2) is 25.8 Å². The molecule has 0 amide bonds. The minimum Gasteiger partial charge on any atom is -0.378 e. The van der Waals surface area contributed by atoms with Crippen molar-refractivity contribution in [3.63, 3.8) is 0 Å². The van der Waals surface area contributed by atoms with Crippen molar-refractivity contribution >= 4 is 0 Å². The molecule has 0 aliphatic carbocycles. The lowest BCUT2D eigenvalue weighted by Crippen LogP contribution is -2.32. The Morgan fingerprint density at radius 2 is 2.28 bits per heavy atom. The Labute approximate surface area is 113 Å². The molecule has 0 aromatic heterocycles. The molecule has 0 aromatic carbocycles. The maximum absolute atomic E-state index is 5.67. The van der Waals surface area contributed by atoms with E-state index in [0.717, 1.165) is 19.7 Å². The fourth-order valence-electron chi connectivity index (χ4n) is 2.51. The molecule has 1 N–H and O–H groups in total. The van der Waals surface area contributed by atoms with Crippen LogP contribution < -0.4 is 5.32 Å². The molecule has 0 aromatic rings. The van der Waals surface area contributed by atoms with Crippen molar-refractivity contribution in [2.75, 3.05) is 19.7 Å². The number of nitrogens with one attached hydrogen (secondary N) is 1. The van der Waals surface area contributed by atoms with Crippen molar-refractivity contribution in [2.45, 2.75) is 59.0 Å². The zero-order valence-corrected chi connectivity index (χ0v) is 12.5. The van der Waals surface area contributed by atoms with Crippen LogP contribution in [0.3, 0.4) is 0 Å². The SMILES string of the molecule is C=CC(C)(CCCC1CCCO1)CNCC(C)C. The van der Waals surface area contributed by atoms with E-state index in [1.807, 2.05) is 0 Å². The highest BCUT2D eigenvalue weighted by molar-refractivity contribution is 4.93. The number of hydrogen-bond acceptors (Lipinski definition) is 2. The van der Waals surface area contributed by atoms with E-state index < -0.39 is 0 Å². The van der Waals surface area contributed by atoms with E-state index >= 15 is 0 Å². The van der Waals surface area contributed by atoms with E-state index in [2.05, 4.69) is 38.7 Å². The Hall–Kier alpha value is -0.340. The third-order valence-electron chi connectivity index (χ3n) is 3.87. The van der Waals surface area contributed by atoms with Crippen molar-refractivity contribution in [1.82, 2.24) is 5.32 Å². The minimum absolute atomic E-state index is 0.230. The first-order chi connectivity index (χ1) is 8.56. The number of hydrogen-bond donors (Lipinski definition) is 1. The predicted molar refractivity (Wildman–Crippen MR) is 78.8 cm³/mol. The molecular weight excluding hydrogens is 222 g/mol. The van der Waals surface area contributed by atoms with Gasteiger partial charge in [0, 0.05) is 13.2 Å². The van der Waals surface area contributed by atoms with E-state index in [4.69, 9.17) is 4.74 Å². The monoisotopic (exact) mass is 253 g/mol. The molecule has 0 bridgehead atoms. The zero-order chi connectivity index (χ0) is 13.4. The van der Waals surface area contributed by atoms with Crippen LogP contribution in [0.15, 0.2) is 12.7 Å². The van der Waals surface area contributed by atoms with Crippen molar-refractivity contribution in [3.05, 3.63) is 12.7 Å². The normalized spacial score (nSPS) is 23.2. The molecule has 1 fully saturated rings. The van der Waals surface area contributed by atoms with Gasteiger partial charge in [-0.2, -0.15) is 0 Å². The third-order valence-corrected chi connectivity index (χ3v) is 3.87. The van der Waals surface area contributed by atoms with Gasteiger partial charge in [0.05, 0.1) is 6.10 Å². The Balaban J connectivity index is 2.19. The smallest absolute Gasteiger partial charge is 0.0576 e. The summed E-state index contributed by atoms with van der Waals surface area (Å²) in [6.45, 7) is 13.9. The molecule has 1 saturated heterocycles. The lowest BCUT2D eigenvalue weighted by atomic mass is 9.84. The summed E-state index contributed by atoms with van der Waals surface area (Å²) in [6, 6.07) is 0. The van der Waals surface area contributed by atoms with Crippen LogP contribution in [0.1, 0.15) is 52.9 Å². The number of ether oxygens (including phenoxy) is 1. The highest BCUT2D eigenvalue weighted by Gasteiger charge is 2.21. The van der Waals surface area contributed by atoms with Gasteiger partial charge in [0.1, 0.15) is 0 Å². The molecule has 106 valence electrons. The maximum atomic E-state index is 5.67. The van der Waals surface area contributed by atoms with E-state index in [1.165, 1.54) is 32.1 Å². The van der Waals surface area contributed by atoms with E-state index in [0.29, 0.717) is 12.0 Å². The fraction of sp³-hybridized carbons (Fsp3) is 0.875. The standard InChI is InChI=1S/C16H31NO/c1-5-16(4,13-17-12-14(2)3)10-6-8-15-9-7-11-18-15/h5,14-15,17H,1,6-13H2,2-4H3. The van der Waals surface area contributed by atoms with E-state index in [1.54, 1.807) is 0 Å². The summed E-state index contributed by atoms with van der Waals surface area (Å²) in [5.74, 6) is 0.714. The van der Waals surface area contributed by atoms with Crippen LogP contribution in [0.25, 0.3) is 0 Å². The van der Waals surface area contributed by atoms with E-state index in [9.17, 15) is 0 Å². The molecule has 2 unspecified atom stereocenters. The van der Waals surface area contributed by atoms with Gasteiger partial charge in [0.15, 0.2) is 0 Å². The Morgan fingerprint density at radius 1 is 1.50 bits per heavy atom. The summed E-state index contributed by atoms with van der Waals surface area (Å²) in [5, 5.41) is 3.55. The van der Waals surface area contributed by atoms with E-state index in [-0.39, 0.29) is 5.41 Å². The molecule has 1 rings (SSSR count). The second-order valence-electron chi connectivity index (χ2n) is 6.41. The number of rotatable bonds is 9. The van der Waals surface area contributed by atoms with Crippen molar-refractivity contribution in [1.29, 1.82) is 0 Å². The van der Waals surface area contributed by atoms with Gasteiger partial charge in [-0.25, -0.2) is 0 Å². The van der Waals surface area contributed by atoms with Gasteiger partial charge in [0.2, 0.25) is 0 Å². The lowest BCUT2D eigenvalue weighted by molar-refractivity contribution is 0.0995. The minimum atomic E-state index is 0.230. The Morgan fingerprint density at radius 3 is 2.83 bits per heavy atom. The van der Waals surface area contributed by atoms with Gasteiger partial charge in [0.25, 0.3) is 0 Å². The summed E-state index contributed by atoms with van der Waals surface area (Å²) in [7, 11) is 0. The van der Waals surface area contributed by atoms with Crippen LogP contribution in [0.2, 0.25) is 0 Å². The van der Waals surface area contributed by atoms with Gasteiger partial charge in [-0.1, -0.05) is 26.8 Å². The molecular formula is C16H31NO. The topological polar surface area (TPSA) is 21.3 Å². The summed E-state index contributed by atoms with van der Waals surface area (Å²) in [5.41, 5.74) is 0.230. The second kappa shape index (κ2) is 7.96. The first-order valence-electron chi connectivity index (χ1n) is 7.51. The molecule has 0 saturated carbocycles. The van der Waals surface area contributed by atoms with Crippen LogP contribution >= 0.6 is 0 Å². The molecule has 1 aliphatic heterocycles. The molecule has 0 radical (unpaired) electrons. The predicted octanol–water partition coefficient (Wildman–Crippen LogP) is 3.77. The highest BCUT2D eigenvalue weighted by Crippen LogP contribution is 2.27. The molecule has 2 nitrogen and oxygen atoms in total. The average Bonchev–Trinajstić information content (AvgIpc) is 2.81. The van der Waals surface area contributed by atoms with Crippen LogP contribution in [0.5, 0.6) is 0 Å².